The largest absolute Gasteiger partial charge is 0.444 e. The molecule has 1 aliphatic heterocycles. The predicted molar refractivity (Wildman–Crippen MR) is 111 cm³/mol. The van der Waals surface area contributed by atoms with E-state index >= 15 is 0 Å². The zero-order valence-corrected chi connectivity index (χ0v) is 18.5. The van der Waals surface area contributed by atoms with Crippen molar-refractivity contribution in [1.29, 1.82) is 0 Å². The molecule has 7 nitrogen and oxygen atoms in total. The molecule has 0 spiro atoms. The zero-order valence-electron chi connectivity index (χ0n) is 18.5. The molecule has 158 valence electrons. The van der Waals surface area contributed by atoms with Gasteiger partial charge in [0.15, 0.2) is 11.6 Å². The second-order valence-corrected chi connectivity index (χ2v) is 8.94. The molecule has 1 saturated heterocycles. The Morgan fingerprint density at radius 3 is 2.41 bits per heavy atom. The van der Waals surface area contributed by atoms with Gasteiger partial charge in [-0.2, -0.15) is 5.10 Å². The lowest BCUT2D eigenvalue weighted by atomic mass is 10.0. The predicted octanol–water partition coefficient (Wildman–Crippen LogP) is 3.80. The number of β-amino-alcohol motifs (C(OH)–C–C–N with tert-alkyl or cyclic N) is 1. The van der Waals surface area contributed by atoms with Crippen LogP contribution in [0, 0.1) is 20.8 Å². The minimum atomic E-state index is -0.622. The minimum absolute atomic E-state index is 0.222. The molecule has 3 rings (SSSR count). The number of aliphatic hydroxyl groups is 1. The molecular weight excluding hydrogens is 368 g/mol. The average Bonchev–Trinajstić information content (AvgIpc) is 3.16. The Morgan fingerprint density at radius 2 is 1.86 bits per heavy atom. The third-order valence-corrected chi connectivity index (χ3v) is 5.04. The summed E-state index contributed by atoms with van der Waals surface area (Å²) in [4.78, 5) is 19.2. The Morgan fingerprint density at radius 1 is 1.24 bits per heavy atom. The lowest BCUT2D eigenvalue weighted by Crippen LogP contribution is -2.37. The van der Waals surface area contributed by atoms with E-state index < -0.39 is 23.8 Å². The molecule has 1 amide bonds. The molecule has 29 heavy (non-hydrogen) atoms. The number of ether oxygens (including phenoxy) is 1. The van der Waals surface area contributed by atoms with Gasteiger partial charge in [-0.15, -0.1) is 0 Å². The Bertz CT molecular complexity index is 890. The van der Waals surface area contributed by atoms with Crippen LogP contribution in [0.4, 0.5) is 4.79 Å². The van der Waals surface area contributed by atoms with E-state index in [-0.39, 0.29) is 6.54 Å². The highest BCUT2D eigenvalue weighted by Gasteiger charge is 2.41. The van der Waals surface area contributed by atoms with Gasteiger partial charge in [0, 0.05) is 12.8 Å². The number of hydrogen-bond acceptors (Lipinski definition) is 5. The maximum atomic E-state index is 12.8. The van der Waals surface area contributed by atoms with Gasteiger partial charge in [0.1, 0.15) is 5.60 Å². The molecule has 1 N–H and O–H groups in total. The maximum absolute atomic E-state index is 12.8. The summed E-state index contributed by atoms with van der Waals surface area (Å²) in [5.41, 5.74) is 3.75. The van der Waals surface area contributed by atoms with Crippen molar-refractivity contribution in [3.8, 4) is 5.69 Å². The number of hydrogen-bond donors (Lipinski definition) is 1. The van der Waals surface area contributed by atoms with Gasteiger partial charge in [0.05, 0.1) is 24.4 Å². The first-order chi connectivity index (χ1) is 13.5. The summed E-state index contributed by atoms with van der Waals surface area (Å²) in [7, 11) is 0. The molecule has 1 fully saturated rings. The standard InChI is InChI=1S/C22H32N4O3/c1-8-18-23-20(26(24-18)19-14(3)9-13(2)10-15(19)4)17-11-16(27)12-25(17)21(28)29-22(5,6)7/h9-10,16-17,27H,8,11-12H2,1-7H3/t16-,17-/m0/s1. The summed E-state index contributed by atoms with van der Waals surface area (Å²) in [6.07, 6.45) is 0.0310. The SMILES string of the molecule is CCc1nc([C@@H]2C[C@H](O)CN2C(=O)OC(C)(C)C)n(-c2c(C)cc(C)cc2C)n1. The van der Waals surface area contributed by atoms with Crippen LogP contribution in [0.2, 0.25) is 0 Å². The first kappa shape index (κ1) is 21.3. The fraction of sp³-hybridized carbons (Fsp3) is 0.591. The topological polar surface area (TPSA) is 80.5 Å². The molecule has 2 aromatic rings. The fourth-order valence-corrected chi connectivity index (χ4v) is 3.99. The van der Waals surface area contributed by atoms with Crippen LogP contribution in [-0.2, 0) is 11.2 Å². The number of benzene rings is 1. The van der Waals surface area contributed by atoms with Gasteiger partial charge < -0.3 is 9.84 Å². The first-order valence-corrected chi connectivity index (χ1v) is 10.2. The number of aliphatic hydroxyl groups excluding tert-OH is 1. The van der Waals surface area contributed by atoms with Crippen LogP contribution < -0.4 is 0 Å². The monoisotopic (exact) mass is 400 g/mol. The Kier molecular flexibility index (Phi) is 5.72. The van der Waals surface area contributed by atoms with Crippen LogP contribution in [0.15, 0.2) is 12.1 Å². The summed E-state index contributed by atoms with van der Waals surface area (Å²) in [6.45, 7) is 13.9. The highest BCUT2D eigenvalue weighted by molar-refractivity contribution is 5.69. The van der Waals surface area contributed by atoms with Gasteiger partial charge in [0.2, 0.25) is 0 Å². The van der Waals surface area contributed by atoms with E-state index in [1.54, 1.807) is 4.90 Å². The normalized spacial score (nSPS) is 19.7. The molecule has 0 saturated carbocycles. The Balaban J connectivity index is 2.08. The third-order valence-electron chi connectivity index (χ3n) is 5.04. The number of carbonyl (C=O) groups is 1. The van der Waals surface area contributed by atoms with E-state index in [0.29, 0.717) is 24.5 Å². The number of aryl methyl sites for hydroxylation is 4. The number of aromatic nitrogens is 3. The van der Waals surface area contributed by atoms with Gasteiger partial charge in [-0.25, -0.2) is 14.5 Å². The first-order valence-electron chi connectivity index (χ1n) is 10.2. The summed E-state index contributed by atoms with van der Waals surface area (Å²) < 4.78 is 7.43. The minimum Gasteiger partial charge on any atom is -0.444 e. The highest BCUT2D eigenvalue weighted by Crippen LogP contribution is 2.35. The van der Waals surface area contributed by atoms with Crippen molar-refractivity contribution in [2.24, 2.45) is 0 Å². The van der Waals surface area contributed by atoms with E-state index in [9.17, 15) is 9.90 Å². The van der Waals surface area contributed by atoms with Crippen molar-refractivity contribution in [3.63, 3.8) is 0 Å². The van der Waals surface area contributed by atoms with Gasteiger partial charge in [-0.3, -0.25) is 4.90 Å². The van der Waals surface area contributed by atoms with Crippen LogP contribution >= 0.6 is 0 Å². The van der Waals surface area contributed by atoms with Crippen LogP contribution in [0.5, 0.6) is 0 Å². The van der Waals surface area contributed by atoms with Crippen molar-refractivity contribution in [1.82, 2.24) is 19.7 Å². The molecule has 2 heterocycles. The molecule has 7 heteroatoms. The van der Waals surface area contributed by atoms with Gasteiger partial charge in [-0.05, 0) is 52.7 Å². The van der Waals surface area contributed by atoms with Crippen molar-refractivity contribution in [3.05, 3.63) is 40.5 Å². The highest BCUT2D eigenvalue weighted by atomic mass is 16.6. The lowest BCUT2D eigenvalue weighted by Gasteiger charge is -2.28. The van der Waals surface area contributed by atoms with Gasteiger partial charge in [-0.1, -0.05) is 24.6 Å². The molecular formula is C22H32N4O3. The van der Waals surface area contributed by atoms with E-state index in [0.717, 1.165) is 16.8 Å². The van der Waals surface area contributed by atoms with Crippen molar-refractivity contribution < 1.29 is 14.6 Å². The molecule has 0 radical (unpaired) electrons. The average molecular weight is 401 g/mol. The molecule has 0 aliphatic carbocycles. The molecule has 2 atom stereocenters. The van der Waals surface area contributed by atoms with Crippen LogP contribution in [-0.4, -0.2) is 49.1 Å². The molecule has 1 aromatic carbocycles. The van der Waals surface area contributed by atoms with Crippen LogP contribution in [0.1, 0.15) is 68.5 Å². The number of nitrogens with zero attached hydrogens (tertiary/aromatic N) is 4. The van der Waals surface area contributed by atoms with Crippen LogP contribution in [0.25, 0.3) is 5.69 Å². The molecule has 0 bridgehead atoms. The van der Waals surface area contributed by atoms with Crippen LogP contribution in [0.3, 0.4) is 0 Å². The number of likely N-dealkylation sites (tertiary alicyclic amines) is 1. The van der Waals surface area contributed by atoms with Crippen molar-refractivity contribution in [2.45, 2.75) is 79.1 Å². The van der Waals surface area contributed by atoms with Crippen molar-refractivity contribution >= 4 is 6.09 Å². The summed E-state index contributed by atoms with van der Waals surface area (Å²) in [5, 5.41) is 15.1. The summed E-state index contributed by atoms with van der Waals surface area (Å²) in [6, 6.07) is 3.84. The maximum Gasteiger partial charge on any atom is 0.411 e. The Hall–Kier alpha value is -2.41. The molecule has 1 aromatic heterocycles. The Labute approximate surface area is 172 Å². The second kappa shape index (κ2) is 7.78. The quantitative estimate of drug-likeness (QED) is 0.848. The van der Waals surface area contributed by atoms with E-state index in [1.807, 2.05) is 32.4 Å². The number of amides is 1. The second-order valence-electron chi connectivity index (χ2n) is 8.94. The van der Waals surface area contributed by atoms with E-state index in [1.165, 1.54) is 5.56 Å². The fourth-order valence-electron chi connectivity index (χ4n) is 3.99. The summed E-state index contributed by atoms with van der Waals surface area (Å²) in [5.74, 6) is 1.38. The van der Waals surface area contributed by atoms with Crippen molar-refractivity contribution in [2.75, 3.05) is 6.54 Å². The van der Waals surface area contributed by atoms with Gasteiger partial charge >= 0.3 is 6.09 Å². The zero-order chi connectivity index (χ0) is 21.5. The van der Waals surface area contributed by atoms with E-state index in [4.69, 9.17) is 14.8 Å². The third kappa shape index (κ3) is 4.45. The van der Waals surface area contributed by atoms with Gasteiger partial charge in [0.25, 0.3) is 0 Å². The summed E-state index contributed by atoms with van der Waals surface area (Å²) >= 11 is 0. The van der Waals surface area contributed by atoms with E-state index in [2.05, 4.69) is 32.9 Å². The number of rotatable bonds is 3. The smallest absolute Gasteiger partial charge is 0.411 e. The number of carbonyl (C=O) groups excluding carboxylic acids is 1. The lowest BCUT2D eigenvalue weighted by molar-refractivity contribution is 0.0199. The molecule has 0 unspecified atom stereocenters. The molecule has 1 aliphatic rings.